The molecule has 0 aliphatic carbocycles. The van der Waals surface area contributed by atoms with Gasteiger partial charge in [0.25, 0.3) is 5.91 Å². The van der Waals surface area contributed by atoms with Crippen LogP contribution in [0.15, 0.2) is 46.2 Å². The summed E-state index contributed by atoms with van der Waals surface area (Å²) in [5.41, 5.74) is 0.994. The van der Waals surface area contributed by atoms with Gasteiger partial charge in [0.1, 0.15) is 10.6 Å². The molecule has 0 atom stereocenters. The van der Waals surface area contributed by atoms with Crippen LogP contribution in [-0.4, -0.2) is 77.9 Å². The molecule has 10 nitrogen and oxygen atoms in total. The van der Waals surface area contributed by atoms with E-state index in [0.717, 1.165) is 25.7 Å². The van der Waals surface area contributed by atoms with E-state index in [-0.39, 0.29) is 47.4 Å². The van der Waals surface area contributed by atoms with Gasteiger partial charge in [0, 0.05) is 37.4 Å². The normalized spacial score (nSPS) is 18.2. The summed E-state index contributed by atoms with van der Waals surface area (Å²) in [7, 11) is -6.27. The molecule has 0 aromatic heterocycles. The number of carbonyl (C=O) groups excluding carboxylic acids is 1. The molecule has 0 radical (unpaired) electrons. The number of rotatable bonds is 7. The molecular weight excluding hydrogens is 518 g/mol. The molecule has 0 spiro atoms. The van der Waals surface area contributed by atoms with Gasteiger partial charge in [0.05, 0.1) is 25.2 Å². The second-order valence-corrected chi connectivity index (χ2v) is 12.9. The van der Waals surface area contributed by atoms with Crippen molar-refractivity contribution in [2.45, 2.75) is 42.4 Å². The van der Waals surface area contributed by atoms with Crippen LogP contribution in [-0.2, 0) is 24.8 Å². The van der Waals surface area contributed by atoms with Crippen molar-refractivity contribution in [3.05, 3.63) is 47.5 Å². The van der Waals surface area contributed by atoms with E-state index in [0.29, 0.717) is 24.3 Å². The smallest absolute Gasteiger partial charge is 0.255 e. The molecule has 2 fully saturated rings. The van der Waals surface area contributed by atoms with E-state index in [2.05, 4.69) is 5.32 Å². The highest BCUT2D eigenvalue weighted by Crippen LogP contribution is 2.30. The van der Waals surface area contributed by atoms with Crippen molar-refractivity contribution in [1.29, 1.82) is 0 Å². The van der Waals surface area contributed by atoms with Crippen LogP contribution in [0.3, 0.4) is 0 Å². The van der Waals surface area contributed by atoms with Crippen molar-refractivity contribution in [2.75, 3.05) is 51.8 Å². The van der Waals surface area contributed by atoms with E-state index < -0.39 is 26.0 Å². The third kappa shape index (κ3) is 5.99. The van der Waals surface area contributed by atoms with E-state index in [1.807, 2.05) is 0 Å². The van der Waals surface area contributed by atoms with Gasteiger partial charge in [-0.2, -0.15) is 8.61 Å². The molecular formula is C25H33N3O7S2. The number of ether oxygens (including phenoxy) is 2. The molecule has 2 saturated heterocycles. The van der Waals surface area contributed by atoms with Crippen molar-refractivity contribution < 1.29 is 31.1 Å². The van der Waals surface area contributed by atoms with Gasteiger partial charge in [-0.05, 0) is 55.7 Å². The number of anilines is 1. The highest BCUT2D eigenvalue weighted by Gasteiger charge is 2.31. The van der Waals surface area contributed by atoms with E-state index >= 15 is 0 Å². The largest absolute Gasteiger partial charge is 0.495 e. The molecule has 2 aliphatic rings. The lowest BCUT2D eigenvalue weighted by Crippen LogP contribution is -2.40. The van der Waals surface area contributed by atoms with Crippen molar-refractivity contribution >= 4 is 31.6 Å². The maximum atomic E-state index is 13.4. The molecule has 2 aromatic carbocycles. The van der Waals surface area contributed by atoms with Crippen molar-refractivity contribution in [1.82, 2.24) is 8.61 Å². The Morgan fingerprint density at radius 2 is 1.46 bits per heavy atom. The Kier molecular flexibility index (Phi) is 8.54. The minimum Gasteiger partial charge on any atom is -0.495 e. The molecule has 202 valence electrons. The fourth-order valence-corrected chi connectivity index (χ4v) is 7.88. The second kappa shape index (κ2) is 11.5. The zero-order valence-electron chi connectivity index (χ0n) is 21.1. The molecule has 2 aromatic rings. The summed E-state index contributed by atoms with van der Waals surface area (Å²) in [5, 5.41) is 2.72. The second-order valence-electron chi connectivity index (χ2n) is 9.13. The molecule has 0 unspecified atom stereocenters. The number of morpholine rings is 1. The molecule has 0 saturated carbocycles. The van der Waals surface area contributed by atoms with E-state index in [9.17, 15) is 21.6 Å². The first-order valence-corrected chi connectivity index (χ1v) is 15.2. The maximum absolute atomic E-state index is 13.4. The van der Waals surface area contributed by atoms with Gasteiger partial charge in [0.15, 0.2) is 0 Å². The fraction of sp³-hybridized carbons (Fsp3) is 0.480. The van der Waals surface area contributed by atoms with Gasteiger partial charge in [-0.15, -0.1) is 0 Å². The highest BCUT2D eigenvalue weighted by molar-refractivity contribution is 7.89. The summed E-state index contributed by atoms with van der Waals surface area (Å²) in [4.78, 5) is 13.2. The lowest BCUT2D eigenvalue weighted by atomic mass is 10.2. The van der Waals surface area contributed by atoms with Crippen LogP contribution in [0.2, 0.25) is 0 Å². The molecule has 12 heteroatoms. The number of nitrogens with one attached hydrogen (secondary N) is 1. The maximum Gasteiger partial charge on any atom is 0.255 e. The van der Waals surface area contributed by atoms with Crippen molar-refractivity contribution in [2.24, 2.45) is 0 Å². The van der Waals surface area contributed by atoms with E-state index in [1.54, 1.807) is 19.1 Å². The zero-order valence-corrected chi connectivity index (χ0v) is 22.7. The number of methoxy groups -OCH3 is 1. The Morgan fingerprint density at radius 3 is 2.11 bits per heavy atom. The summed E-state index contributed by atoms with van der Waals surface area (Å²) >= 11 is 0. The molecule has 2 heterocycles. The first kappa shape index (κ1) is 27.5. The van der Waals surface area contributed by atoms with E-state index in [1.165, 1.54) is 40.0 Å². The Balaban J connectivity index is 1.60. The quantitative estimate of drug-likeness (QED) is 0.561. The number of amides is 1. The monoisotopic (exact) mass is 551 g/mol. The van der Waals surface area contributed by atoms with Crippen LogP contribution in [0.1, 0.15) is 41.6 Å². The van der Waals surface area contributed by atoms with Gasteiger partial charge in [-0.25, -0.2) is 16.8 Å². The van der Waals surface area contributed by atoms with Crippen molar-refractivity contribution in [3.63, 3.8) is 0 Å². The number of sulfonamides is 2. The van der Waals surface area contributed by atoms with Crippen LogP contribution in [0, 0.1) is 6.92 Å². The predicted octanol–water partition coefficient (Wildman–Crippen LogP) is 2.84. The van der Waals surface area contributed by atoms with Gasteiger partial charge >= 0.3 is 0 Å². The molecule has 1 N–H and O–H groups in total. The third-order valence-electron chi connectivity index (χ3n) is 6.64. The zero-order chi connectivity index (χ0) is 26.6. The third-order valence-corrected chi connectivity index (χ3v) is 10.6. The number of aryl methyl sites for hydroxylation is 1. The number of nitrogens with zero attached hydrogens (tertiary/aromatic N) is 2. The van der Waals surface area contributed by atoms with Crippen LogP contribution in [0.4, 0.5) is 5.69 Å². The minimum absolute atomic E-state index is 0.102. The number of carbonyl (C=O) groups is 1. The van der Waals surface area contributed by atoms with Crippen LogP contribution < -0.4 is 10.1 Å². The molecule has 1 amide bonds. The Hall–Kier alpha value is -2.51. The predicted molar refractivity (Wildman–Crippen MR) is 139 cm³/mol. The average Bonchev–Trinajstić information content (AvgIpc) is 3.20. The summed E-state index contributed by atoms with van der Waals surface area (Å²) in [5.74, 6) is -0.438. The molecule has 0 bridgehead atoms. The van der Waals surface area contributed by atoms with Gasteiger partial charge in [0.2, 0.25) is 20.0 Å². The minimum atomic E-state index is -3.92. The fourth-order valence-electron chi connectivity index (χ4n) is 4.53. The van der Waals surface area contributed by atoms with Crippen molar-refractivity contribution in [3.8, 4) is 5.75 Å². The lowest BCUT2D eigenvalue weighted by Gasteiger charge is -2.26. The summed E-state index contributed by atoms with van der Waals surface area (Å²) in [6.07, 6.45) is 3.65. The van der Waals surface area contributed by atoms with Crippen LogP contribution in [0.5, 0.6) is 5.75 Å². The van der Waals surface area contributed by atoms with Gasteiger partial charge in [-0.1, -0.05) is 18.9 Å². The first-order valence-electron chi connectivity index (χ1n) is 12.3. The summed E-state index contributed by atoms with van der Waals surface area (Å²) < 4.78 is 66.6. The average molecular weight is 552 g/mol. The Bertz CT molecular complexity index is 1350. The number of hydrogen-bond donors (Lipinski definition) is 1. The molecule has 2 aliphatic heterocycles. The first-order chi connectivity index (χ1) is 17.6. The number of hydrogen-bond acceptors (Lipinski definition) is 7. The summed E-state index contributed by atoms with van der Waals surface area (Å²) in [6.45, 7) is 3.67. The highest BCUT2D eigenvalue weighted by atomic mass is 32.2. The summed E-state index contributed by atoms with van der Waals surface area (Å²) in [6, 6.07) is 8.93. The van der Waals surface area contributed by atoms with Gasteiger partial charge in [-0.3, -0.25) is 4.79 Å². The number of benzene rings is 2. The molecule has 4 rings (SSSR count). The Morgan fingerprint density at radius 1 is 0.838 bits per heavy atom. The molecule has 37 heavy (non-hydrogen) atoms. The standard InChI is InChI=1S/C25H33N3O7S2/c1-19-7-9-21(18-23(19)36(30,31)27-11-5-3-4-6-12-27)26-25(29)20-8-10-22(34-2)24(17-20)37(32,33)28-13-15-35-16-14-28/h7-10,17-18H,3-6,11-16H2,1-2H3,(H,26,29). The lowest BCUT2D eigenvalue weighted by molar-refractivity contribution is 0.0729. The topological polar surface area (TPSA) is 122 Å². The van der Waals surface area contributed by atoms with Crippen LogP contribution in [0.25, 0.3) is 0 Å². The Labute approximate surface area is 218 Å². The SMILES string of the molecule is COc1ccc(C(=O)Nc2ccc(C)c(S(=O)(=O)N3CCCCCC3)c2)cc1S(=O)(=O)N1CCOCC1. The van der Waals surface area contributed by atoms with Gasteiger partial charge < -0.3 is 14.8 Å². The van der Waals surface area contributed by atoms with Crippen LogP contribution >= 0.6 is 0 Å². The van der Waals surface area contributed by atoms with E-state index in [4.69, 9.17) is 9.47 Å².